The van der Waals surface area contributed by atoms with Crippen LogP contribution in [0.15, 0.2) is 24.4 Å². The summed E-state index contributed by atoms with van der Waals surface area (Å²) in [6.07, 6.45) is 4.52. The third-order valence-electron chi connectivity index (χ3n) is 3.32. The number of rotatable bonds is 6. The first-order valence-corrected chi connectivity index (χ1v) is 8.45. The van der Waals surface area contributed by atoms with E-state index < -0.39 is 6.04 Å². The molecule has 2 aromatic rings. The first-order valence-electron chi connectivity index (χ1n) is 7.05. The topological polar surface area (TPSA) is 72.9 Å². The summed E-state index contributed by atoms with van der Waals surface area (Å²) in [5.74, 6) is 0.743. The molecule has 2 rings (SSSR count). The maximum atomic E-state index is 12.0. The van der Waals surface area contributed by atoms with Gasteiger partial charge in [0.1, 0.15) is 0 Å². The van der Waals surface area contributed by atoms with E-state index in [-0.39, 0.29) is 24.4 Å². The van der Waals surface area contributed by atoms with Crippen LogP contribution in [0, 0.1) is 0 Å². The molecule has 122 valence electrons. The van der Waals surface area contributed by atoms with Gasteiger partial charge >= 0.3 is 0 Å². The molecule has 22 heavy (non-hydrogen) atoms. The zero-order valence-electron chi connectivity index (χ0n) is 13.1. The SMILES string of the molecule is CSCC[C@H](N)C(=O)Nc1ccc2cnn(C(C)C)c2c1.Cl. The molecule has 0 bridgehead atoms. The highest BCUT2D eigenvalue weighted by Crippen LogP contribution is 2.21. The number of benzene rings is 1. The van der Waals surface area contributed by atoms with Gasteiger partial charge in [-0.25, -0.2) is 0 Å². The quantitative estimate of drug-likeness (QED) is 0.846. The molecule has 0 aliphatic heterocycles. The molecule has 0 spiro atoms. The van der Waals surface area contributed by atoms with Crippen molar-refractivity contribution in [2.75, 3.05) is 17.3 Å². The minimum Gasteiger partial charge on any atom is -0.325 e. The van der Waals surface area contributed by atoms with Crippen molar-refractivity contribution in [1.29, 1.82) is 0 Å². The number of aromatic nitrogens is 2. The number of anilines is 1. The fraction of sp³-hybridized carbons (Fsp3) is 0.467. The first kappa shape index (κ1) is 18.8. The number of fused-ring (bicyclic) bond motifs is 1. The molecule has 0 saturated carbocycles. The second kappa shape index (κ2) is 8.41. The monoisotopic (exact) mass is 342 g/mol. The van der Waals surface area contributed by atoms with Crippen LogP contribution >= 0.6 is 24.2 Å². The Morgan fingerprint density at radius 2 is 2.18 bits per heavy atom. The molecular weight excluding hydrogens is 320 g/mol. The van der Waals surface area contributed by atoms with E-state index in [1.807, 2.05) is 35.3 Å². The van der Waals surface area contributed by atoms with Crippen LogP contribution in [-0.4, -0.2) is 33.7 Å². The van der Waals surface area contributed by atoms with Crippen molar-refractivity contribution < 1.29 is 4.79 Å². The summed E-state index contributed by atoms with van der Waals surface area (Å²) < 4.78 is 1.94. The summed E-state index contributed by atoms with van der Waals surface area (Å²) in [6.45, 7) is 4.16. The van der Waals surface area contributed by atoms with Crippen molar-refractivity contribution in [2.24, 2.45) is 5.73 Å². The van der Waals surface area contributed by atoms with Gasteiger partial charge in [-0.05, 0) is 50.5 Å². The maximum Gasteiger partial charge on any atom is 0.241 e. The summed E-state index contributed by atoms with van der Waals surface area (Å²) in [6, 6.07) is 5.60. The molecule has 0 aliphatic carbocycles. The van der Waals surface area contributed by atoms with Crippen molar-refractivity contribution in [2.45, 2.75) is 32.4 Å². The largest absolute Gasteiger partial charge is 0.325 e. The average molecular weight is 343 g/mol. The number of hydrogen-bond acceptors (Lipinski definition) is 4. The molecule has 1 atom stereocenters. The normalized spacial score (nSPS) is 12.2. The van der Waals surface area contributed by atoms with E-state index in [0.29, 0.717) is 6.42 Å². The van der Waals surface area contributed by atoms with Crippen molar-refractivity contribution in [3.8, 4) is 0 Å². The van der Waals surface area contributed by atoms with Crippen molar-refractivity contribution in [3.05, 3.63) is 24.4 Å². The van der Waals surface area contributed by atoms with Crippen LogP contribution in [0.4, 0.5) is 5.69 Å². The van der Waals surface area contributed by atoms with E-state index in [9.17, 15) is 4.79 Å². The summed E-state index contributed by atoms with van der Waals surface area (Å²) in [5.41, 5.74) is 7.65. The van der Waals surface area contributed by atoms with Crippen LogP contribution in [0.3, 0.4) is 0 Å². The standard InChI is InChI=1S/C15H22N4OS.ClH/c1-10(2)19-14-8-12(5-4-11(14)9-17-19)18-15(20)13(16)6-7-21-3;/h4-5,8-10,13H,6-7,16H2,1-3H3,(H,18,20);1H/t13-;/m0./s1. The zero-order valence-corrected chi connectivity index (χ0v) is 14.7. The molecule has 0 unspecified atom stereocenters. The molecule has 7 heteroatoms. The number of hydrogen-bond donors (Lipinski definition) is 2. The Labute approximate surface area is 141 Å². The minimum absolute atomic E-state index is 0. The van der Waals surface area contributed by atoms with Crippen LogP contribution in [0.1, 0.15) is 26.3 Å². The lowest BCUT2D eigenvalue weighted by Gasteiger charge is -2.12. The van der Waals surface area contributed by atoms with Gasteiger partial charge < -0.3 is 11.1 Å². The fourth-order valence-electron chi connectivity index (χ4n) is 2.14. The molecule has 0 radical (unpaired) electrons. The van der Waals surface area contributed by atoms with Gasteiger partial charge in [0.15, 0.2) is 0 Å². The van der Waals surface area contributed by atoms with E-state index in [1.54, 1.807) is 11.8 Å². The molecule has 0 fully saturated rings. The third kappa shape index (κ3) is 4.38. The number of nitrogens with two attached hydrogens (primary N) is 1. The average Bonchev–Trinajstić information content (AvgIpc) is 2.87. The summed E-state index contributed by atoms with van der Waals surface area (Å²) in [4.78, 5) is 12.0. The molecule has 3 N–H and O–H groups in total. The maximum absolute atomic E-state index is 12.0. The molecule has 1 heterocycles. The van der Waals surface area contributed by atoms with Gasteiger partial charge in [-0.2, -0.15) is 16.9 Å². The van der Waals surface area contributed by atoms with E-state index in [1.165, 1.54) is 0 Å². The number of thioether (sulfide) groups is 1. The molecule has 1 amide bonds. The highest BCUT2D eigenvalue weighted by atomic mass is 35.5. The van der Waals surface area contributed by atoms with Gasteiger partial charge in [0.25, 0.3) is 0 Å². The second-order valence-electron chi connectivity index (χ2n) is 5.33. The van der Waals surface area contributed by atoms with Crippen LogP contribution in [-0.2, 0) is 4.79 Å². The molecule has 5 nitrogen and oxygen atoms in total. The number of nitrogens with one attached hydrogen (secondary N) is 1. The van der Waals surface area contributed by atoms with Gasteiger partial charge in [-0.1, -0.05) is 0 Å². The van der Waals surface area contributed by atoms with E-state index >= 15 is 0 Å². The van der Waals surface area contributed by atoms with Crippen molar-refractivity contribution in [1.82, 2.24) is 9.78 Å². The number of carbonyl (C=O) groups is 1. The Kier molecular flexibility index (Phi) is 7.19. The third-order valence-corrected chi connectivity index (χ3v) is 3.97. The lowest BCUT2D eigenvalue weighted by atomic mass is 10.2. The van der Waals surface area contributed by atoms with Crippen LogP contribution in [0.2, 0.25) is 0 Å². The highest BCUT2D eigenvalue weighted by molar-refractivity contribution is 7.98. The van der Waals surface area contributed by atoms with E-state index in [2.05, 4.69) is 24.3 Å². The minimum atomic E-state index is -0.469. The van der Waals surface area contributed by atoms with Crippen molar-refractivity contribution in [3.63, 3.8) is 0 Å². The predicted molar refractivity (Wildman–Crippen MR) is 97.0 cm³/mol. The van der Waals surface area contributed by atoms with E-state index in [4.69, 9.17) is 5.73 Å². The molecule has 1 aromatic heterocycles. The predicted octanol–water partition coefficient (Wildman–Crippen LogP) is 3.06. The van der Waals surface area contributed by atoms with Crippen LogP contribution in [0.5, 0.6) is 0 Å². The number of carbonyl (C=O) groups excluding carboxylic acids is 1. The summed E-state index contributed by atoms with van der Waals surface area (Å²) in [7, 11) is 0. The second-order valence-corrected chi connectivity index (χ2v) is 6.32. The summed E-state index contributed by atoms with van der Waals surface area (Å²) in [5, 5.41) is 8.31. The number of halogens is 1. The van der Waals surface area contributed by atoms with Gasteiger partial charge in [-0.15, -0.1) is 12.4 Å². The van der Waals surface area contributed by atoms with Crippen molar-refractivity contribution >= 4 is 46.7 Å². The smallest absolute Gasteiger partial charge is 0.241 e. The Hall–Kier alpha value is -1.24. The Balaban J connectivity index is 0.00000242. The van der Waals surface area contributed by atoms with Gasteiger partial charge in [-0.3, -0.25) is 9.48 Å². The Morgan fingerprint density at radius 3 is 2.82 bits per heavy atom. The van der Waals surface area contributed by atoms with Gasteiger partial charge in [0.2, 0.25) is 5.91 Å². The summed E-state index contributed by atoms with van der Waals surface area (Å²) >= 11 is 1.69. The number of amides is 1. The molecule has 0 aliphatic rings. The lowest BCUT2D eigenvalue weighted by molar-refractivity contribution is -0.117. The lowest BCUT2D eigenvalue weighted by Crippen LogP contribution is -2.36. The first-order chi connectivity index (χ1) is 10.0. The molecular formula is C15H23ClN4OS. The molecule has 0 saturated heterocycles. The van der Waals surface area contributed by atoms with Gasteiger partial charge in [0.05, 0.1) is 17.8 Å². The van der Waals surface area contributed by atoms with Gasteiger partial charge in [0, 0.05) is 17.1 Å². The highest BCUT2D eigenvalue weighted by Gasteiger charge is 2.14. The molecule has 1 aromatic carbocycles. The van der Waals surface area contributed by atoms with E-state index in [0.717, 1.165) is 22.3 Å². The van der Waals surface area contributed by atoms with Crippen LogP contribution in [0.25, 0.3) is 10.9 Å². The van der Waals surface area contributed by atoms with Crippen LogP contribution < -0.4 is 11.1 Å². The number of nitrogens with zero attached hydrogens (tertiary/aromatic N) is 2. The fourth-order valence-corrected chi connectivity index (χ4v) is 2.63. The Morgan fingerprint density at radius 1 is 1.45 bits per heavy atom. The zero-order chi connectivity index (χ0) is 15.4. The Bertz CT molecular complexity index is 629.